The molecule has 3 N–H and O–H groups in total. The van der Waals surface area contributed by atoms with Crippen LogP contribution in [0.2, 0.25) is 0 Å². The van der Waals surface area contributed by atoms with Crippen LogP contribution in [-0.4, -0.2) is 16.4 Å². The summed E-state index contributed by atoms with van der Waals surface area (Å²) < 4.78 is 0. The first-order valence-corrected chi connectivity index (χ1v) is 8.05. The molecule has 0 radical (unpaired) electrons. The maximum Gasteiger partial charge on any atom is 0.220 e. The molecule has 1 amide bonds. The minimum absolute atomic E-state index is 0.108. The van der Waals surface area contributed by atoms with Gasteiger partial charge in [-0.05, 0) is 38.0 Å². The highest BCUT2D eigenvalue weighted by atomic mass is 32.1. The van der Waals surface area contributed by atoms with E-state index < -0.39 is 5.54 Å². The lowest BCUT2D eigenvalue weighted by Crippen LogP contribution is -2.58. The second-order valence-corrected chi connectivity index (χ2v) is 6.24. The highest BCUT2D eigenvalue weighted by molar-refractivity contribution is 7.80. The molecular formula is C15H28N2OS. The molecule has 3 nitrogen and oxygen atoms in total. The minimum atomic E-state index is -0.412. The number of nitrogens with one attached hydrogen (secondary N) is 1. The van der Waals surface area contributed by atoms with E-state index in [9.17, 15) is 4.79 Å². The SMILES string of the molecule is CCCCCC(=O)NC1(C(N)=S)CCC(CC)CC1. The van der Waals surface area contributed by atoms with Crippen molar-refractivity contribution in [1.82, 2.24) is 5.32 Å². The molecule has 0 aromatic heterocycles. The summed E-state index contributed by atoms with van der Waals surface area (Å²) in [6, 6.07) is 0. The fourth-order valence-corrected chi connectivity index (χ4v) is 3.13. The Hall–Kier alpha value is -0.640. The molecule has 0 unspecified atom stereocenters. The van der Waals surface area contributed by atoms with Gasteiger partial charge in [0.2, 0.25) is 5.91 Å². The number of hydrogen-bond acceptors (Lipinski definition) is 2. The van der Waals surface area contributed by atoms with Gasteiger partial charge in [0.05, 0.1) is 10.5 Å². The zero-order valence-corrected chi connectivity index (χ0v) is 13.2. The van der Waals surface area contributed by atoms with E-state index in [0.29, 0.717) is 11.4 Å². The number of carbonyl (C=O) groups is 1. The summed E-state index contributed by atoms with van der Waals surface area (Å²) in [7, 11) is 0. The van der Waals surface area contributed by atoms with Crippen molar-refractivity contribution in [3.05, 3.63) is 0 Å². The molecule has 0 heterocycles. The van der Waals surface area contributed by atoms with Crippen molar-refractivity contribution in [3.8, 4) is 0 Å². The Labute approximate surface area is 122 Å². The molecule has 4 heteroatoms. The first kappa shape index (κ1) is 16.4. The zero-order valence-electron chi connectivity index (χ0n) is 12.3. The first-order valence-electron chi connectivity index (χ1n) is 7.65. The molecule has 0 atom stereocenters. The molecule has 19 heavy (non-hydrogen) atoms. The van der Waals surface area contributed by atoms with Crippen molar-refractivity contribution in [3.63, 3.8) is 0 Å². The van der Waals surface area contributed by atoms with E-state index in [1.54, 1.807) is 0 Å². The fraction of sp³-hybridized carbons (Fsp3) is 0.867. The Balaban J connectivity index is 2.53. The van der Waals surface area contributed by atoms with Gasteiger partial charge in [0.25, 0.3) is 0 Å². The van der Waals surface area contributed by atoms with Gasteiger partial charge < -0.3 is 11.1 Å². The standard InChI is InChI=1S/C15H28N2OS/c1-3-5-6-7-13(18)17-15(14(16)19)10-8-12(4-2)9-11-15/h12H,3-11H2,1-2H3,(H2,16,19)(H,17,18). The van der Waals surface area contributed by atoms with Gasteiger partial charge in [0.1, 0.15) is 0 Å². The van der Waals surface area contributed by atoms with E-state index in [0.717, 1.165) is 50.9 Å². The fourth-order valence-electron chi connectivity index (χ4n) is 2.88. The quantitative estimate of drug-likeness (QED) is 0.557. The topological polar surface area (TPSA) is 55.1 Å². The van der Waals surface area contributed by atoms with Crippen LogP contribution in [0, 0.1) is 5.92 Å². The van der Waals surface area contributed by atoms with Crippen LogP contribution in [0.5, 0.6) is 0 Å². The van der Waals surface area contributed by atoms with Crippen LogP contribution in [0.15, 0.2) is 0 Å². The highest BCUT2D eigenvalue weighted by Crippen LogP contribution is 2.34. The van der Waals surface area contributed by atoms with Gasteiger partial charge in [0, 0.05) is 6.42 Å². The van der Waals surface area contributed by atoms with Gasteiger partial charge in [-0.2, -0.15) is 0 Å². The van der Waals surface area contributed by atoms with Crippen LogP contribution in [0.25, 0.3) is 0 Å². The summed E-state index contributed by atoms with van der Waals surface area (Å²) in [4.78, 5) is 12.5. The van der Waals surface area contributed by atoms with Crippen LogP contribution in [0.3, 0.4) is 0 Å². The van der Waals surface area contributed by atoms with Crippen LogP contribution in [-0.2, 0) is 4.79 Å². The van der Waals surface area contributed by atoms with Gasteiger partial charge in [-0.15, -0.1) is 0 Å². The maximum absolute atomic E-state index is 12.0. The summed E-state index contributed by atoms with van der Waals surface area (Å²) in [5, 5.41) is 3.13. The third kappa shape index (κ3) is 4.75. The molecular weight excluding hydrogens is 256 g/mol. The van der Waals surface area contributed by atoms with Gasteiger partial charge >= 0.3 is 0 Å². The predicted molar refractivity (Wildman–Crippen MR) is 84.1 cm³/mol. The van der Waals surface area contributed by atoms with E-state index >= 15 is 0 Å². The molecule has 0 bridgehead atoms. The molecule has 0 aromatic carbocycles. The Bertz CT molecular complexity index is 309. The number of carbonyl (C=O) groups excluding carboxylic acids is 1. The lowest BCUT2D eigenvalue weighted by atomic mass is 9.75. The maximum atomic E-state index is 12.0. The second kappa shape index (κ2) is 7.83. The molecule has 1 rings (SSSR count). The molecule has 1 saturated carbocycles. The third-order valence-corrected chi connectivity index (χ3v) is 4.78. The average Bonchev–Trinajstić information content (AvgIpc) is 2.39. The average molecular weight is 284 g/mol. The lowest BCUT2D eigenvalue weighted by molar-refractivity contribution is -0.122. The highest BCUT2D eigenvalue weighted by Gasteiger charge is 2.38. The normalized spacial score (nSPS) is 26.9. The zero-order chi connectivity index (χ0) is 14.3. The van der Waals surface area contributed by atoms with Crippen molar-refractivity contribution >= 4 is 23.1 Å². The molecule has 0 aromatic rings. The van der Waals surface area contributed by atoms with Crippen molar-refractivity contribution in [2.24, 2.45) is 11.7 Å². The van der Waals surface area contributed by atoms with E-state index in [2.05, 4.69) is 19.2 Å². The van der Waals surface area contributed by atoms with Crippen molar-refractivity contribution in [1.29, 1.82) is 0 Å². The number of nitrogens with two attached hydrogens (primary N) is 1. The van der Waals surface area contributed by atoms with Crippen LogP contribution in [0.4, 0.5) is 0 Å². The predicted octanol–water partition coefficient (Wildman–Crippen LogP) is 3.31. The van der Waals surface area contributed by atoms with Crippen molar-refractivity contribution in [2.75, 3.05) is 0 Å². The molecule has 0 saturated heterocycles. The molecule has 0 spiro atoms. The Morgan fingerprint density at radius 3 is 2.42 bits per heavy atom. The second-order valence-electron chi connectivity index (χ2n) is 5.80. The Kier molecular flexibility index (Phi) is 6.76. The number of hydrogen-bond donors (Lipinski definition) is 2. The van der Waals surface area contributed by atoms with Gasteiger partial charge in [-0.25, -0.2) is 0 Å². The Morgan fingerprint density at radius 2 is 1.95 bits per heavy atom. The molecule has 1 fully saturated rings. The van der Waals surface area contributed by atoms with Crippen molar-refractivity contribution < 1.29 is 4.79 Å². The molecule has 110 valence electrons. The first-order chi connectivity index (χ1) is 9.04. The summed E-state index contributed by atoms with van der Waals surface area (Å²) in [5.74, 6) is 0.871. The van der Waals surface area contributed by atoms with E-state index in [-0.39, 0.29) is 5.91 Å². The van der Waals surface area contributed by atoms with E-state index in [4.69, 9.17) is 18.0 Å². The Morgan fingerprint density at radius 1 is 1.32 bits per heavy atom. The summed E-state index contributed by atoms with van der Waals surface area (Å²) in [6.45, 7) is 4.36. The lowest BCUT2D eigenvalue weighted by Gasteiger charge is -2.40. The number of rotatable bonds is 7. The van der Waals surface area contributed by atoms with Gasteiger partial charge in [-0.1, -0.05) is 45.3 Å². The van der Waals surface area contributed by atoms with Gasteiger partial charge in [0.15, 0.2) is 0 Å². The molecule has 1 aliphatic carbocycles. The molecule has 0 aliphatic heterocycles. The largest absolute Gasteiger partial charge is 0.391 e. The summed E-state index contributed by atoms with van der Waals surface area (Å²) >= 11 is 5.22. The number of unbranched alkanes of at least 4 members (excludes halogenated alkanes) is 2. The molecule has 1 aliphatic rings. The van der Waals surface area contributed by atoms with Crippen LogP contribution >= 0.6 is 12.2 Å². The van der Waals surface area contributed by atoms with Crippen molar-refractivity contribution in [2.45, 2.75) is 77.2 Å². The van der Waals surface area contributed by atoms with Crippen LogP contribution < -0.4 is 11.1 Å². The van der Waals surface area contributed by atoms with Crippen LogP contribution in [0.1, 0.15) is 71.6 Å². The third-order valence-electron chi connectivity index (χ3n) is 4.39. The minimum Gasteiger partial charge on any atom is -0.391 e. The number of thiocarbonyl (C=S) groups is 1. The summed E-state index contributed by atoms with van der Waals surface area (Å²) in [6.07, 6.45) is 9.02. The smallest absolute Gasteiger partial charge is 0.220 e. The van der Waals surface area contributed by atoms with E-state index in [1.807, 2.05) is 0 Å². The van der Waals surface area contributed by atoms with Gasteiger partial charge in [-0.3, -0.25) is 4.79 Å². The van der Waals surface area contributed by atoms with E-state index in [1.165, 1.54) is 6.42 Å². The number of amides is 1. The monoisotopic (exact) mass is 284 g/mol. The summed E-state index contributed by atoms with van der Waals surface area (Å²) in [5.41, 5.74) is 5.50.